The Morgan fingerprint density at radius 1 is 1.04 bits per heavy atom. The number of carbonyl (C=O) groups is 2. The summed E-state index contributed by atoms with van der Waals surface area (Å²) in [5, 5.41) is 4.67. The van der Waals surface area contributed by atoms with Crippen molar-refractivity contribution in [3.63, 3.8) is 0 Å². The van der Waals surface area contributed by atoms with Crippen molar-refractivity contribution < 1.29 is 18.8 Å². The number of rotatable bonds is 7. The highest BCUT2D eigenvalue weighted by Crippen LogP contribution is 2.18. The van der Waals surface area contributed by atoms with E-state index in [1.165, 1.54) is 4.90 Å². The van der Waals surface area contributed by atoms with Crippen LogP contribution in [0.15, 0.2) is 53.1 Å². The second kappa shape index (κ2) is 8.56. The van der Waals surface area contributed by atoms with Crippen LogP contribution in [0.25, 0.3) is 11.0 Å². The van der Waals surface area contributed by atoms with Crippen LogP contribution in [0.4, 0.5) is 5.69 Å². The second-order valence-electron chi connectivity index (χ2n) is 6.77. The zero-order chi connectivity index (χ0) is 20.1. The van der Waals surface area contributed by atoms with Gasteiger partial charge in [-0.25, -0.2) is 0 Å². The fraction of sp³-hybridized carbons (Fsp3) is 0.286. The lowest BCUT2D eigenvalue weighted by Gasteiger charge is -2.18. The standard InChI is InChI=1S/C21H23N3O4/c1-23(2)16-10-8-15(9-11-16)13-24(3)20(25)14-27-21(26)12-18-17-6-4-5-7-19(17)28-22-18/h4-11H,12-14H2,1-3H3. The SMILES string of the molecule is CN(Cc1ccc(N(C)C)cc1)C(=O)COC(=O)Cc1noc2ccccc12. The third kappa shape index (κ3) is 4.68. The first-order valence-corrected chi connectivity index (χ1v) is 8.93. The lowest BCUT2D eigenvalue weighted by atomic mass is 10.2. The Kier molecular flexibility index (Phi) is 5.93. The van der Waals surface area contributed by atoms with Gasteiger partial charge in [0.15, 0.2) is 12.2 Å². The van der Waals surface area contributed by atoms with Crippen molar-refractivity contribution in [2.24, 2.45) is 0 Å². The van der Waals surface area contributed by atoms with Crippen LogP contribution >= 0.6 is 0 Å². The Hall–Kier alpha value is -3.35. The molecule has 7 nitrogen and oxygen atoms in total. The number of benzene rings is 2. The second-order valence-corrected chi connectivity index (χ2v) is 6.77. The first-order chi connectivity index (χ1) is 13.4. The van der Waals surface area contributed by atoms with E-state index in [2.05, 4.69) is 5.16 Å². The minimum Gasteiger partial charge on any atom is -0.455 e. The molecule has 1 aromatic heterocycles. The van der Waals surface area contributed by atoms with Crippen LogP contribution in [0.2, 0.25) is 0 Å². The molecular weight excluding hydrogens is 358 g/mol. The van der Waals surface area contributed by atoms with E-state index >= 15 is 0 Å². The summed E-state index contributed by atoms with van der Waals surface area (Å²) in [5.74, 6) is -0.786. The Balaban J connectivity index is 1.49. The van der Waals surface area contributed by atoms with E-state index in [-0.39, 0.29) is 18.9 Å². The third-order valence-corrected chi connectivity index (χ3v) is 4.42. The molecule has 3 rings (SSSR count). The van der Waals surface area contributed by atoms with Gasteiger partial charge in [0.25, 0.3) is 5.91 Å². The van der Waals surface area contributed by atoms with Crippen LogP contribution in [-0.2, 0) is 27.3 Å². The predicted molar refractivity (Wildman–Crippen MR) is 106 cm³/mol. The molecular formula is C21H23N3O4. The van der Waals surface area contributed by atoms with Crippen LogP contribution in [-0.4, -0.2) is 49.7 Å². The van der Waals surface area contributed by atoms with Crippen molar-refractivity contribution in [3.05, 3.63) is 59.8 Å². The van der Waals surface area contributed by atoms with E-state index in [9.17, 15) is 9.59 Å². The first kappa shape index (κ1) is 19.4. The Labute approximate surface area is 163 Å². The molecule has 0 spiro atoms. The van der Waals surface area contributed by atoms with Crippen molar-refractivity contribution in [1.29, 1.82) is 0 Å². The van der Waals surface area contributed by atoms with Crippen molar-refractivity contribution in [2.75, 3.05) is 32.6 Å². The minimum atomic E-state index is -0.517. The molecule has 0 N–H and O–H groups in total. The molecule has 0 unspecified atom stereocenters. The van der Waals surface area contributed by atoms with Gasteiger partial charge in [-0.05, 0) is 29.8 Å². The number of esters is 1. The van der Waals surface area contributed by atoms with Gasteiger partial charge in [0.2, 0.25) is 0 Å². The predicted octanol–water partition coefficient (Wildman–Crippen LogP) is 2.64. The number of ether oxygens (including phenoxy) is 1. The Bertz CT molecular complexity index is 963. The van der Waals surface area contributed by atoms with Crippen LogP contribution in [0, 0.1) is 0 Å². The van der Waals surface area contributed by atoms with Crippen LogP contribution < -0.4 is 4.90 Å². The van der Waals surface area contributed by atoms with Gasteiger partial charge in [-0.1, -0.05) is 29.4 Å². The summed E-state index contributed by atoms with van der Waals surface area (Å²) in [6.45, 7) is 0.138. The molecule has 0 radical (unpaired) electrons. The number of hydrogen-bond donors (Lipinski definition) is 0. The fourth-order valence-corrected chi connectivity index (χ4v) is 2.77. The van der Waals surface area contributed by atoms with Gasteiger partial charge in [0, 0.05) is 38.8 Å². The number of hydrogen-bond acceptors (Lipinski definition) is 6. The topological polar surface area (TPSA) is 75.9 Å². The van der Waals surface area contributed by atoms with E-state index in [0.29, 0.717) is 17.8 Å². The van der Waals surface area contributed by atoms with Crippen molar-refractivity contribution in [3.8, 4) is 0 Å². The quantitative estimate of drug-likeness (QED) is 0.586. The molecule has 0 aliphatic heterocycles. The van der Waals surface area contributed by atoms with E-state index in [1.54, 1.807) is 13.1 Å². The molecule has 0 saturated carbocycles. The van der Waals surface area contributed by atoms with Crippen LogP contribution in [0.5, 0.6) is 0 Å². The number of carbonyl (C=O) groups excluding carboxylic acids is 2. The number of anilines is 1. The average molecular weight is 381 g/mol. The lowest BCUT2D eigenvalue weighted by molar-refractivity contribution is -0.151. The molecule has 7 heteroatoms. The summed E-state index contributed by atoms with van der Waals surface area (Å²) in [5.41, 5.74) is 3.21. The summed E-state index contributed by atoms with van der Waals surface area (Å²) in [4.78, 5) is 27.9. The van der Waals surface area contributed by atoms with Crippen LogP contribution in [0.3, 0.4) is 0 Å². The molecule has 0 aliphatic carbocycles. The molecule has 0 atom stereocenters. The molecule has 0 aliphatic rings. The van der Waals surface area contributed by atoms with E-state index in [0.717, 1.165) is 16.6 Å². The maximum atomic E-state index is 12.2. The smallest absolute Gasteiger partial charge is 0.312 e. The lowest BCUT2D eigenvalue weighted by Crippen LogP contribution is -2.31. The number of likely N-dealkylation sites (N-methyl/N-ethyl adjacent to an activating group) is 1. The summed E-state index contributed by atoms with van der Waals surface area (Å²) in [7, 11) is 5.63. The Morgan fingerprint density at radius 3 is 2.46 bits per heavy atom. The summed E-state index contributed by atoms with van der Waals surface area (Å²) < 4.78 is 10.3. The number of nitrogens with zero attached hydrogens (tertiary/aromatic N) is 3. The highest BCUT2D eigenvalue weighted by atomic mass is 16.5. The molecule has 2 aromatic carbocycles. The van der Waals surface area contributed by atoms with Gasteiger partial charge in [0.05, 0.1) is 6.42 Å². The summed E-state index contributed by atoms with van der Waals surface area (Å²) >= 11 is 0. The van der Waals surface area contributed by atoms with Crippen molar-refractivity contribution in [1.82, 2.24) is 10.1 Å². The molecule has 0 saturated heterocycles. The zero-order valence-corrected chi connectivity index (χ0v) is 16.2. The zero-order valence-electron chi connectivity index (χ0n) is 16.2. The van der Waals surface area contributed by atoms with Gasteiger partial charge in [-0.15, -0.1) is 0 Å². The van der Waals surface area contributed by atoms with Gasteiger partial charge in [-0.3, -0.25) is 9.59 Å². The summed E-state index contributed by atoms with van der Waals surface area (Å²) in [6, 6.07) is 15.2. The Morgan fingerprint density at radius 2 is 1.75 bits per heavy atom. The number of para-hydroxylation sites is 1. The molecule has 0 bridgehead atoms. The normalized spacial score (nSPS) is 10.7. The number of fused-ring (bicyclic) bond motifs is 1. The molecule has 3 aromatic rings. The third-order valence-electron chi connectivity index (χ3n) is 4.42. The highest BCUT2D eigenvalue weighted by molar-refractivity contribution is 5.85. The monoisotopic (exact) mass is 381 g/mol. The molecule has 0 fully saturated rings. The molecule has 1 heterocycles. The summed E-state index contributed by atoms with van der Waals surface area (Å²) in [6.07, 6.45) is -0.0417. The maximum Gasteiger partial charge on any atom is 0.312 e. The highest BCUT2D eigenvalue weighted by Gasteiger charge is 2.16. The van der Waals surface area contributed by atoms with Gasteiger partial charge in [-0.2, -0.15) is 0 Å². The van der Waals surface area contributed by atoms with Crippen molar-refractivity contribution >= 4 is 28.5 Å². The van der Waals surface area contributed by atoms with E-state index in [1.807, 2.05) is 61.5 Å². The number of amides is 1. The van der Waals surface area contributed by atoms with Crippen molar-refractivity contribution in [2.45, 2.75) is 13.0 Å². The number of aromatic nitrogens is 1. The van der Waals surface area contributed by atoms with Gasteiger partial charge >= 0.3 is 5.97 Å². The average Bonchev–Trinajstić information content (AvgIpc) is 3.09. The van der Waals surface area contributed by atoms with Gasteiger partial charge in [0.1, 0.15) is 5.69 Å². The molecule has 146 valence electrons. The van der Waals surface area contributed by atoms with E-state index < -0.39 is 5.97 Å². The van der Waals surface area contributed by atoms with E-state index in [4.69, 9.17) is 9.26 Å². The first-order valence-electron chi connectivity index (χ1n) is 8.93. The van der Waals surface area contributed by atoms with Crippen LogP contribution in [0.1, 0.15) is 11.3 Å². The largest absolute Gasteiger partial charge is 0.455 e. The molecule has 1 amide bonds. The minimum absolute atomic E-state index is 0.0417. The molecule has 28 heavy (non-hydrogen) atoms. The van der Waals surface area contributed by atoms with Gasteiger partial charge < -0.3 is 19.1 Å². The fourth-order valence-electron chi connectivity index (χ4n) is 2.77. The maximum absolute atomic E-state index is 12.2.